The maximum absolute atomic E-state index is 11.7. The van der Waals surface area contributed by atoms with E-state index in [1.165, 1.54) is 7.11 Å². The lowest BCUT2D eigenvalue weighted by Crippen LogP contribution is -2.12. The van der Waals surface area contributed by atoms with E-state index in [1.54, 1.807) is 24.4 Å². The van der Waals surface area contributed by atoms with Gasteiger partial charge in [0, 0.05) is 19.4 Å². The zero-order chi connectivity index (χ0) is 13.8. The Labute approximate surface area is 111 Å². The number of benzene rings is 1. The van der Waals surface area contributed by atoms with Gasteiger partial charge in [-0.25, -0.2) is 9.78 Å². The fourth-order valence-electron chi connectivity index (χ4n) is 1.78. The molecule has 0 atom stereocenters. The van der Waals surface area contributed by atoms with Gasteiger partial charge in [0.1, 0.15) is 5.82 Å². The topological polar surface area (TPSA) is 82.2 Å². The molecule has 0 bridgehead atoms. The molecular formula is C13H16N4O2. The second-order valence-electron chi connectivity index (χ2n) is 4.07. The number of para-hydroxylation sites is 1. The molecule has 2 rings (SSSR count). The lowest BCUT2D eigenvalue weighted by molar-refractivity contribution is 0.0602. The molecule has 0 fully saturated rings. The number of nitrogen functional groups attached to an aromatic ring is 1. The first-order valence-electron chi connectivity index (χ1n) is 5.80. The van der Waals surface area contributed by atoms with Crippen LogP contribution < -0.4 is 11.1 Å². The van der Waals surface area contributed by atoms with Gasteiger partial charge in [-0.2, -0.15) is 0 Å². The number of carbonyl (C=O) groups is 1. The maximum atomic E-state index is 11.7. The summed E-state index contributed by atoms with van der Waals surface area (Å²) in [7, 11) is 3.24. The highest BCUT2D eigenvalue weighted by atomic mass is 16.5. The van der Waals surface area contributed by atoms with Gasteiger partial charge in [-0.1, -0.05) is 6.07 Å². The highest BCUT2D eigenvalue weighted by molar-refractivity contribution is 5.98. The summed E-state index contributed by atoms with van der Waals surface area (Å²) >= 11 is 0. The van der Waals surface area contributed by atoms with Crippen LogP contribution in [0.15, 0.2) is 30.6 Å². The summed E-state index contributed by atoms with van der Waals surface area (Å²) in [6.45, 7) is 0.474. The van der Waals surface area contributed by atoms with Crippen molar-refractivity contribution in [2.45, 2.75) is 6.54 Å². The normalized spacial score (nSPS) is 10.2. The number of esters is 1. The Morgan fingerprint density at radius 3 is 2.95 bits per heavy atom. The lowest BCUT2D eigenvalue weighted by Gasteiger charge is -2.13. The van der Waals surface area contributed by atoms with Crippen molar-refractivity contribution in [3.8, 4) is 0 Å². The number of hydrogen-bond acceptors (Lipinski definition) is 5. The van der Waals surface area contributed by atoms with Gasteiger partial charge in [-0.05, 0) is 12.1 Å². The quantitative estimate of drug-likeness (QED) is 0.641. The van der Waals surface area contributed by atoms with Crippen molar-refractivity contribution in [2.24, 2.45) is 7.05 Å². The van der Waals surface area contributed by atoms with Gasteiger partial charge in [0.15, 0.2) is 0 Å². The number of aromatic nitrogens is 2. The first-order chi connectivity index (χ1) is 9.13. The van der Waals surface area contributed by atoms with Crippen LogP contribution in [-0.4, -0.2) is 22.6 Å². The third-order valence-corrected chi connectivity index (χ3v) is 2.85. The number of aryl methyl sites for hydroxylation is 1. The molecule has 3 N–H and O–H groups in total. The Morgan fingerprint density at radius 1 is 1.53 bits per heavy atom. The Kier molecular flexibility index (Phi) is 3.70. The van der Waals surface area contributed by atoms with E-state index >= 15 is 0 Å². The van der Waals surface area contributed by atoms with Crippen molar-refractivity contribution in [3.63, 3.8) is 0 Å². The Morgan fingerprint density at radius 2 is 2.32 bits per heavy atom. The smallest absolute Gasteiger partial charge is 0.340 e. The molecule has 0 saturated heterocycles. The molecule has 2 aromatic rings. The molecule has 19 heavy (non-hydrogen) atoms. The summed E-state index contributed by atoms with van der Waals surface area (Å²) in [5.41, 5.74) is 7.37. The van der Waals surface area contributed by atoms with Crippen molar-refractivity contribution in [2.75, 3.05) is 18.2 Å². The van der Waals surface area contributed by atoms with Gasteiger partial charge in [0.25, 0.3) is 0 Å². The number of ether oxygens (including phenoxy) is 1. The minimum atomic E-state index is -0.422. The van der Waals surface area contributed by atoms with E-state index in [2.05, 4.69) is 10.3 Å². The molecule has 0 saturated carbocycles. The molecule has 0 aliphatic heterocycles. The van der Waals surface area contributed by atoms with Crippen molar-refractivity contribution < 1.29 is 9.53 Å². The van der Waals surface area contributed by atoms with Crippen molar-refractivity contribution in [1.82, 2.24) is 9.55 Å². The van der Waals surface area contributed by atoms with Gasteiger partial charge in [0.05, 0.1) is 30.6 Å². The number of methoxy groups -OCH3 is 1. The number of rotatable bonds is 4. The monoisotopic (exact) mass is 260 g/mol. The molecule has 0 spiro atoms. The van der Waals surface area contributed by atoms with E-state index in [0.29, 0.717) is 23.5 Å². The number of carbonyl (C=O) groups excluding carboxylic acids is 1. The van der Waals surface area contributed by atoms with Crippen LogP contribution in [0.1, 0.15) is 16.2 Å². The van der Waals surface area contributed by atoms with Crippen molar-refractivity contribution >= 4 is 17.3 Å². The molecule has 0 amide bonds. The van der Waals surface area contributed by atoms with Gasteiger partial charge in [0.2, 0.25) is 0 Å². The Bertz CT molecular complexity index is 592. The van der Waals surface area contributed by atoms with E-state index in [1.807, 2.05) is 17.8 Å². The average Bonchev–Trinajstić information content (AvgIpc) is 2.82. The number of nitrogens with zero attached hydrogens (tertiary/aromatic N) is 2. The number of anilines is 2. The first-order valence-corrected chi connectivity index (χ1v) is 5.80. The Hall–Kier alpha value is -2.50. The number of imidazole rings is 1. The summed E-state index contributed by atoms with van der Waals surface area (Å²) < 4.78 is 6.63. The minimum Gasteiger partial charge on any atom is -0.465 e. The van der Waals surface area contributed by atoms with Crippen LogP contribution in [0.25, 0.3) is 0 Å². The third kappa shape index (κ3) is 2.67. The molecule has 1 heterocycles. The summed E-state index contributed by atoms with van der Waals surface area (Å²) in [6.07, 6.45) is 3.57. The molecule has 0 aliphatic rings. The zero-order valence-electron chi connectivity index (χ0n) is 10.9. The summed E-state index contributed by atoms with van der Waals surface area (Å²) in [4.78, 5) is 15.9. The van der Waals surface area contributed by atoms with Crippen LogP contribution >= 0.6 is 0 Å². The standard InChI is InChI=1S/C13H16N4O2/c1-17-7-6-15-11(17)8-16-12-9(13(18)19-2)4-3-5-10(12)14/h3-7,16H,8,14H2,1-2H3. The fraction of sp³-hybridized carbons (Fsp3) is 0.231. The molecule has 100 valence electrons. The lowest BCUT2D eigenvalue weighted by atomic mass is 10.1. The van der Waals surface area contributed by atoms with Gasteiger partial charge in [-0.15, -0.1) is 0 Å². The van der Waals surface area contributed by atoms with Crippen LogP contribution in [0.3, 0.4) is 0 Å². The summed E-state index contributed by atoms with van der Waals surface area (Å²) in [5.74, 6) is 0.425. The molecule has 1 aromatic heterocycles. The largest absolute Gasteiger partial charge is 0.465 e. The Balaban J connectivity index is 2.24. The molecule has 6 heteroatoms. The molecule has 0 aliphatic carbocycles. The predicted octanol–water partition coefficient (Wildman–Crippen LogP) is 1.40. The van der Waals surface area contributed by atoms with Crippen molar-refractivity contribution in [3.05, 3.63) is 42.0 Å². The van der Waals surface area contributed by atoms with E-state index < -0.39 is 5.97 Å². The van der Waals surface area contributed by atoms with E-state index in [9.17, 15) is 4.79 Å². The van der Waals surface area contributed by atoms with Gasteiger partial charge < -0.3 is 20.4 Å². The van der Waals surface area contributed by atoms with Crippen LogP contribution in [0.2, 0.25) is 0 Å². The maximum Gasteiger partial charge on any atom is 0.340 e. The van der Waals surface area contributed by atoms with Crippen LogP contribution in [-0.2, 0) is 18.3 Å². The second kappa shape index (κ2) is 5.43. The first kappa shape index (κ1) is 12.9. The van der Waals surface area contributed by atoms with Crippen LogP contribution in [0, 0.1) is 0 Å². The molecule has 0 unspecified atom stereocenters. The highest BCUT2D eigenvalue weighted by Crippen LogP contribution is 2.24. The SMILES string of the molecule is COC(=O)c1cccc(N)c1NCc1nccn1C. The van der Waals surface area contributed by atoms with Gasteiger partial charge in [-0.3, -0.25) is 0 Å². The molecule has 0 radical (unpaired) electrons. The van der Waals surface area contributed by atoms with E-state index in [0.717, 1.165) is 5.82 Å². The minimum absolute atomic E-state index is 0.414. The van der Waals surface area contributed by atoms with E-state index in [4.69, 9.17) is 10.5 Å². The summed E-state index contributed by atoms with van der Waals surface area (Å²) in [6, 6.07) is 5.11. The van der Waals surface area contributed by atoms with Gasteiger partial charge >= 0.3 is 5.97 Å². The number of nitrogens with one attached hydrogen (secondary N) is 1. The molecular weight excluding hydrogens is 244 g/mol. The molecule has 1 aromatic carbocycles. The number of nitrogens with two attached hydrogens (primary N) is 1. The van der Waals surface area contributed by atoms with Crippen LogP contribution in [0.5, 0.6) is 0 Å². The number of hydrogen-bond donors (Lipinski definition) is 2. The predicted molar refractivity (Wildman–Crippen MR) is 72.7 cm³/mol. The van der Waals surface area contributed by atoms with Crippen LogP contribution in [0.4, 0.5) is 11.4 Å². The zero-order valence-corrected chi connectivity index (χ0v) is 10.9. The van der Waals surface area contributed by atoms with E-state index in [-0.39, 0.29) is 0 Å². The molecule has 6 nitrogen and oxygen atoms in total. The fourth-order valence-corrected chi connectivity index (χ4v) is 1.78. The summed E-state index contributed by atoms with van der Waals surface area (Å²) in [5, 5.41) is 3.13. The van der Waals surface area contributed by atoms with Crippen molar-refractivity contribution in [1.29, 1.82) is 0 Å². The highest BCUT2D eigenvalue weighted by Gasteiger charge is 2.14. The average molecular weight is 260 g/mol. The second-order valence-corrected chi connectivity index (χ2v) is 4.07. The third-order valence-electron chi connectivity index (χ3n) is 2.85.